The second-order valence-corrected chi connectivity index (χ2v) is 7.56. The van der Waals surface area contributed by atoms with Crippen LogP contribution in [0.4, 0.5) is 5.69 Å². The first-order valence-electron chi connectivity index (χ1n) is 7.59. The van der Waals surface area contributed by atoms with Crippen LogP contribution in [-0.4, -0.2) is 40.8 Å². The Hall–Kier alpha value is -1.56. The van der Waals surface area contributed by atoms with Crippen molar-refractivity contribution in [2.75, 3.05) is 31.4 Å². The molecule has 22 heavy (non-hydrogen) atoms. The molecule has 0 aliphatic carbocycles. The van der Waals surface area contributed by atoms with E-state index in [0.717, 1.165) is 25.9 Å². The molecule has 1 aliphatic heterocycles. The van der Waals surface area contributed by atoms with Gasteiger partial charge in [-0.25, -0.2) is 13.2 Å². The first kappa shape index (κ1) is 16.8. The fourth-order valence-corrected chi connectivity index (χ4v) is 4.34. The standard InChI is InChI=1S/C16H23NO4S/c1-4-12-13(16(18)21-2)8-9-14(15(12)22(3,19)20)17-10-6-5-7-11-17/h8-9H,4-7,10-11H2,1-3H3. The summed E-state index contributed by atoms with van der Waals surface area (Å²) >= 11 is 0. The third kappa shape index (κ3) is 3.27. The third-order valence-electron chi connectivity index (χ3n) is 4.07. The smallest absolute Gasteiger partial charge is 0.338 e. The van der Waals surface area contributed by atoms with Gasteiger partial charge in [-0.1, -0.05) is 6.92 Å². The van der Waals surface area contributed by atoms with Crippen LogP contribution < -0.4 is 4.90 Å². The van der Waals surface area contributed by atoms with E-state index in [1.54, 1.807) is 12.1 Å². The summed E-state index contributed by atoms with van der Waals surface area (Å²) in [6.07, 6.45) is 4.96. The SMILES string of the molecule is CCc1c(C(=O)OC)ccc(N2CCCCC2)c1S(C)(=O)=O. The third-order valence-corrected chi connectivity index (χ3v) is 5.26. The van der Waals surface area contributed by atoms with Crippen LogP contribution in [0, 0.1) is 0 Å². The number of hydrogen-bond acceptors (Lipinski definition) is 5. The largest absolute Gasteiger partial charge is 0.465 e. The lowest BCUT2D eigenvalue weighted by atomic mass is 10.0. The molecule has 1 aromatic rings. The van der Waals surface area contributed by atoms with Crippen LogP contribution in [0.3, 0.4) is 0 Å². The summed E-state index contributed by atoms with van der Waals surface area (Å²) in [5, 5.41) is 0. The van der Waals surface area contributed by atoms with Gasteiger partial charge in [0.25, 0.3) is 0 Å². The van der Waals surface area contributed by atoms with E-state index in [1.165, 1.54) is 19.8 Å². The Morgan fingerprint density at radius 3 is 2.36 bits per heavy atom. The van der Waals surface area contributed by atoms with Gasteiger partial charge in [0.15, 0.2) is 9.84 Å². The van der Waals surface area contributed by atoms with Gasteiger partial charge in [-0.15, -0.1) is 0 Å². The molecule has 1 aliphatic rings. The first-order valence-corrected chi connectivity index (χ1v) is 9.48. The Labute approximate surface area is 132 Å². The normalized spacial score (nSPS) is 15.7. The van der Waals surface area contributed by atoms with Crippen molar-refractivity contribution in [3.8, 4) is 0 Å². The number of piperidine rings is 1. The highest BCUT2D eigenvalue weighted by Gasteiger charge is 2.26. The highest BCUT2D eigenvalue weighted by Crippen LogP contribution is 2.33. The number of methoxy groups -OCH3 is 1. The zero-order valence-electron chi connectivity index (χ0n) is 13.4. The van der Waals surface area contributed by atoms with E-state index in [-0.39, 0.29) is 4.90 Å². The van der Waals surface area contributed by atoms with Crippen LogP contribution in [0.1, 0.15) is 42.1 Å². The summed E-state index contributed by atoms with van der Waals surface area (Å²) in [4.78, 5) is 14.3. The van der Waals surface area contributed by atoms with Crippen molar-refractivity contribution >= 4 is 21.5 Å². The highest BCUT2D eigenvalue weighted by atomic mass is 32.2. The van der Waals surface area contributed by atoms with Crippen LogP contribution in [0.15, 0.2) is 17.0 Å². The Morgan fingerprint density at radius 1 is 1.23 bits per heavy atom. The predicted octanol–water partition coefficient (Wildman–Crippen LogP) is 2.43. The number of benzene rings is 1. The zero-order valence-corrected chi connectivity index (χ0v) is 14.2. The number of carbonyl (C=O) groups excluding carboxylic acids is 1. The van der Waals surface area contributed by atoms with E-state index < -0.39 is 15.8 Å². The fraction of sp³-hybridized carbons (Fsp3) is 0.562. The molecule has 0 atom stereocenters. The summed E-state index contributed by atoms with van der Waals surface area (Å²) in [7, 11) is -2.13. The Kier molecular flexibility index (Phi) is 5.11. The molecule has 1 heterocycles. The molecular formula is C16H23NO4S. The minimum atomic E-state index is -3.44. The molecule has 0 N–H and O–H groups in total. The summed E-state index contributed by atoms with van der Waals surface area (Å²) in [5.41, 5.74) is 1.61. The van der Waals surface area contributed by atoms with Gasteiger partial charge >= 0.3 is 5.97 Å². The predicted molar refractivity (Wildman–Crippen MR) is 86.3 cm³/mol. The van der Waals surface area contributed by atoms with E-state index >= 15 is 0 Å². The molecule has 5 nitrogen and oxygen atoms in total. The number of sulfone groups is 1. The minimum absolute atomic E-state index is 0.278. The molecule has 0 spiro atoms. The van der Waals surface area contributed by atoms with E-state index in [2.05, 4.69) is 4.90 Å². The monoisotopic (exact) mass is 325 g/mol. The number of hydrogen-bond donors (Lipinski definition) is 0. The van der Waals surface area contributed by atoms with Crippen molar-refractivity contribution < 1.29 is 17.9 Å². The maximum absolute atomic E-state index is 12.4. The van der Waals surface area contributed by atoms with Gasteiger partial charge in [-0.3, -0.25) is 0 Å². The first-order chi connectivity index (χ1) is 10.4. The van der Waals surface area contributed by atoms with Crippen LogP contribution in [0.2, 0.25) is 0 Å². The molecule has 0 radical (unpaired) electrons. The highest BCUT2D eigenvalue weighted by molar-refractivity contribution is 7.91. The second kappa shape index (κ2) is 6.69. The van der Waals surface area contributed by atoms with Crippen LogP contribution >= 0.6 is 0 Å². The van der Waals surface area contributed by atoms with Crippen LogP contribution in [0.5, 0.6) is 0 Å². The number of anilines is 1. The van der Waals surface area contributed by atoms with Gasteiger partial charge in [0.05, 0.1) is 23.3 Å². The number of ether oxygens (including phenoxy) is 1. The summed E-state index contributed by atoms with van der Waals surface area (Å²) in [6, 6.07) is 3.43. The van der Waals surface area contributed by atoms with Gasteiger partial charge in [0, 0.05) is 19.3 Å². The van der Waals surface area contributed by atoms with Crippen molar-refractivity contribution in [3.63, 3.8) is 0 Å². The number of esters is 1. The summed E-state index contributed by atoms with van der Waals surface area (Å²) in [6.45, 7) is 3.56. The van der Waals surface area contributed by atoms with Crippen molar-refractivity contribution in [1.82, 2.24) is 0 Å². The topological polar surface area (TPSA) is 63.7 Å². The van der Waals surface area contributed by atoms with Crippen molar-refractivity contribution in [3.05, 3.63) is 23.3 Å². The average Bonchev–Trinajstić information content (AvgIpc) is 2.52. The van der Waals surface area contributed by atoms with E-state index in [9.17, 15) is 13.2 Å². The van der Waals surface area contributed by atoms with E-state index in [1.807, 2.05) is 6.92 Å². The average molecular weight is 325 g/mol. The van der Waals surface area contributed by atoms with Gasteiger partial charge < -0.3 is 9.64 Å². The Bertz CT molecular complexity index is 661. The van der Waals surface area contributed by atoms with Gasteiger partial charge in [-0.2, -0.15) is 0 Å². The zero-order chi connectivity index (χ0) is 16.3. The van der Waals surface area contributed by atoms with E-state index in [4.69, 9.17) is 4.74 Å². The molecule has 6 heteroatoms. The maximum atomic E-state index is 12.4. The minimum Gasteiger partial charge on any atom is -0.465 e. The lowest BCUT2D eigenvalue weighted by molar-refractivity contribution is 0.0599. The second-order valence-electron chi connectivity index (χ2n) is 5.60. The molecule has 0 unspecified atom stereocenters. The molecule has 0 aromatic heterocycles. The van der Waals surface area contributed by atoms with Gasteiger partial charge in [0.1, 0.15) is 0 Å². The van der Waals surface area contributed by atoms with Gasteiger partial charge in [0.2, 0.25) is 0 Å². The van der Waals surface area contributed by atoms with E-state index in [0.29, 0.717) is 23.2 Å². The lowest BCUT2D eigenvalue weighted by Gasteiger charge is -2.31. The van der Waals surface area contributed by atoms with Gasteiger partial charge in [-0.05, 0) is 43.4 Å². The lowest BCUT2D eigenvalue weighted by Crippen LogP contribution is -2.31. The number of rotatable bonds is 4. The Balaban J connectivity index is 2.66. The number of carbonyl (C=O) groups is 1. The van der Waals surface area contributed by atoms with Crippen LogP contribution in [0.25, 0.3) is 0 Å². The molecule has 122 valence electrons. The van der Waals surface area contributed by atoms with Crippen molar-refractivity contribution in [1.29, 1.82) is 0 Å². The molecule has 1 fully saturated rings. The maximum Gasteiger partial charge on any atom is 0.338 e. The molecule has 2 rings (SSSR count). The summed E-state index contributed by atoms with van der Waals surface area (Å²) in [5.74, 6) is -0.494. The van der Waals surface area contributed by atoms with Crippen LogP contribution in [-0.2, 0) is 21.0 Å². The molecular weight excluding hydrogens is 302 g/mol. The Morgan fingerprint density at radius 2 is 1.86 bits per heavy atom. The summed E-state index contributed by atoms with van der Waals surface area (Å²) < 4.78 is 29.5. The number of nitrogens with zero attached hydrogens (tertiary/aromatic N) is 1. The molecule has 1 saturated heterocycles. The van der Waals surface area contributed by atoms with Crippen molar-refractivity contribution in [2.45, 2.75) is 37.5 Å². The molecule has 0 amide bonds. The molecule has 1 aromatic carbocycles. The molecule has 0 saturated carbocycles. The fourth-order valence-electron chi connectivity index (χ4n) is 3.07. The quantitative estimate of drug-likeness (QED) is 0.796. The van der Waals surface area contributed by atoms with Crippen molar-refractivity contribution in [2.24, 2.45) is 0 Å². The molecule has 0 bridgehead atoms.